The molecule has 0 rings (SSSR count). The van der Waals surface area contributed by atoms with Crippen molar-refractivity contribution >= 4 is 11.4 Å². The van der Waals surface area contributed by atoms with Crippen LogP contribution in [0, 0.1) is 0 Å². The molecule has 0 aromatic carbocycles. The molecule has 0 aromatic heterocycles. The summed E-state index contributed by atoms with van der Waals surface area (Å²) in [5.41, 5.74) is 0. The molecule has 2 nitrogen and oxygen atoms in total. The quantitative estimate of drug-likeness (QED) is 0.577. The van der Waals surface area contributed by atoms with Gasteiger partial charge in [-0.1, -0.05) is 20.8 Å². The Morgan fingerprint density at radius 3 is 1.83 bits per heavy atom. The van der Waals surface area contributed by atoms with Gasteiger partial charge in [0, 0.05) is 24.5 Å². The molecule has 0 saturated heterocycles. The average Bonchev–Trinajstić information content (AvgIpc) is 2.04. The number of hydrogen-bond acceptors (Lipinski definition) is 2. The van der Waals surface area contributed by atoms with E-state index >= 15 is 0 Å². The van der Waals surface area contributed by atoms with Crippen LogP contribution in [0.15, 0.2) is 0 Å². The van der Waals surface area contributed by atoms with Gasteiger partial charge in [0.05, 0.1) is 0 Å². The molecule has 0 bridgehead atoms. The first-order chi connectivity index (χ1) is 5.76. The van der Waals surface area contributed by atoms with Crippen LogP contribution in [0.25, 0.3) is 0 Å². The van der Waals surface area contributed by atoms with E-state index in [0.29, 0.717) is 0 Å². The highest BCUT2D eigenvalue weighted by atomic mass is 32.2. The van der Waals surface area contributed by atoms with Gasteiger partial charge in [0.2, 0.25) is 0 Å². The molecule has 0 N–H and O–H groups in total. The van der Waals surface area contributed by atoms with Crippen LogP contribution < -0.4 is 0 Å². The normalized spacial score (nSPS) is 13.8. The highest BCUT2D eigenvalue weighted by Gasteiger charge is 2.15. The van der Waals surface area contributed by atoms with Crippen LogP contribution in [-0.4, -0.2) is 27.7 Å². The van der Waals surface area contributed by atoms with Crippen LogP contribution in [0.3, 0.4) is 0 Å². The highest BCUT2D eigenvalue weighted by molar-refractivity contribution is 7.89. The Hall–Kier alpha value is 0.270. The molecule has 0 aliphatic carbocycles. The molecule has 0 aromatic rings. The lowest BCUT2D eigenvalue weighted by Gasteiger charge is -2.23. The Balaban J connectivity index is 3.72. The van der Waals surface area contributed by atoms with Gasteiger partial charge in [0.15, 0.2) is 0 Å². The van der Waals surface area contributed by atoms with E-state index in [1.165, 1.54) is 0 Å². The molecule has 12 heavy (non-hydrogen) atoms. The van der Waals surface area contributed by atoms with Crippen molar-refractivity contribution in [1.29, 1.82) is 0 Å². The van der Waals surface area contributed by atoms with Crippen LogP contribution in [0.2, 0.25) is 0 Å². The lowest BCUT2D eigenvalue weighted by Crippen LogP contribution is -2.34. The maximum absolute atomic E-state index is 11.6. The molecule has 3 heteroatoms. The van der Waals surface area contributed by atoms with Gasteiger partial charge in [-0.15, -0.1) is 4.31 Å². The smallest absolute Gasteiger partial charge is 0.125 e. The van der Waals surface area contributed by atoms with E-state index in [9.17, 15) is 4.55 Å². The molecule has 0 radical (unpaired) electrons. The summed E-state index contributed by atoms with van der Waals surface area (Å²) < 4.78 is 13.6. The summed E-state index contributed by atoms with van der Waals surface area (Å²) in [4.78, 5) is 0. The zero-order valence-electron chi connectivity index (χ0n) is 8.51. The van der Waals surface area contributed by atoms with E-state index in [-0.39, 0.29) is 0 Å². The van der Waals surface area contributed by atoms with Crippen molar-refractivity contribution in [1.82, 2.24) is 4.31 Å². The Labute approximate surface area is 79.6 Å². The third kappa shape index (κ3) is 5.01. The van der Waals surface area contributed by atoms with E-state index in [2.05, 4.69) is 25.1 Å². The van der Waals surface area contributed by atoms with Gasteiger partial charge in [-0.25, -0.2) is 0 Å². The lowest BCUT2D eigenvalue weighted by molar-refractivity contribution is 0.409. The molecule has 74 valence electrons. The predicted molar refractivity (Wildman–Crippen MR) is 55.5 cm³/mol. The van der Waals surface area contributed by atoms with Crippen LogP contribution in [0.4, 0.5) is 0 Å². The van der Waals surface area contributed by atoms with Gasteiger partial charge < -0.3 is 4.55 Å². The zero-order valence-corrected chi connectivity index (χ0v) is 9.32. The van der Waals surface area contributed by atoms with Gasteiger partial charge in [-0.3, -0.25) is 0 Å². The Morgan fingerprint density at radius 1 is 1.00 bits per heavy atom. The molecule has 0 heterocycles. The Kier molecular flexibility index (Phi) is 8.07. The van der Waals surface area contributed by atoms with E-state index in [1.807, 2.05) is 0 Å². The van der Waals surface area contributed by atoms with Crippen molar-refractivity contribution in [3.05, 3.63) is 0 Å². The molecule has 0 spiro atoms. The first-order valence-electron chi connectivity index (χ1n) is 4.89. The Morgan fingerprint density at radius 2 is 1.50 bits per heavy atom. The van der Waals surface area contributed by atoms with Crippen LogP contribution >= 0.6 is 0 Å². The minimum Gasteiger partial charge on any atom is -0.598 e. The number of hydrogen-bond donors (Lipinski definition) is 0. The minimum absolute atomic E-state index is 0.724. The SMILES string of the molecule is CCCN(CCC)[S+]([O-])CCC. The van der Waals surface area contributed by atoms with Crippen molar-refractivity contribution in [2.24, 2.45) is 0 Å². The lowest BCUT2D eigenvalue weighted by atomic mass is 10.4. The molecular weight excluding hydrogens is 170 g/mol. The van der Waals surface area contributed by atoms with Crippen molar-refractivity contribution in [2.75, 3.05) is 18.8 Å². The molecule has 1 unspecified atom stereocenters. The van der Waals surface area contributed by atoms with Gasteiger partial charge in [0.25, 0.3) is 0 Å². The van der Waals surface area contributed by atoms with Crippen LogP contribution in [0.5, 0.6) is 0 Å². The van der Waals surface area contributed by atoms with Gasteiger partial charge in [-0.2, -0.15) is 0 Å². The standard InChI is InChI=1S/C9H21NOS/c1-4-7-10(8-5-2)12(11)9-6-3/h4-9H2,1-3H3. The second kappa shape index (κ2) is 7.90. The van der Waals surface area contributed by atoms with E-state index < -0.39 is 11.4 Å². The fourth-order valence-corrected chi connectivity index (χ4v) is 2.50. The van der Waals surface area contributed by atoms with Crippen molar-refractivity contribution in [2.45, 2.75) is 40.0 Å². The fourth-order valence-electron chi connectivity index (χ4n) is 1.12. The highest BCUT2D eigenvalue weighted by Crippen LogP contribution is 2.05. The van der Waals surface area contributed by atoms with E-state index in [0.717, 1.165) is 38.1 Å². The minimum atomic E-state index is -0.724. The van der Waals surface area contributed by atoms with Crippen molar-refractivity contribution < 1.29 is 4.55 Å². The summed E-state index contributed by atoms with van der Waals surface area (Å²) in [6, 6.07) is 0. The maximum atomic E-state index is 11.6. The summed E-state index contributed by atoms with van der Waals surface area (Å²) in [5.74, 6) is 0.819. The van der Waals surface area contributed by atoms with Gasteiger partial charge in [0.1, 0.15) is 5.75 Å². The zero-order chi connectivity index (χ0) is 9.40. The van der Waals surface area contributed by atoms with E-state index in [1.54, 1.807) is 0 Å². The first kappa shape index (κ1) is 12.3. The van der Waals surface area contributed by atoms with Crippen LogP contribution in [-0.2, 0) is 11.4 Å². The van der Waals surface area contributed by atoms with Crippen molar-refractivity contribution in [3.63, 3.8) is 0 Å². The molecular formula is C9H21NOS. The fraction of sp³-hybridized carbons (Fsp3) is 1.00. The topological polar surface area (TPSA) is 26.3 Å². The molecule has 1 atom stereocenters. The summed E-state index contributed by atoms with van der Waals surface area (Å²) in [6.45, 7) is 8.28. The molecule has 0 aliphatic heterocycles. The number of rotatable bonds is 7. The number of nitrogens with zero attached hydrogens (tertiary/aromatic N) is 1. The molecule has 0 fully saturated rings. The maximum Gasteiger partial charge on any atom is 0.125 e. The summed E-state index contributed by atoms with van der Waals surface area (Å²) in [5, 5.41) is 0. The second-order valence-corrected chi connectivity index (χ2v) is 4.52. The van der Waals surface area contributed by atoms with Crippen molar-refractivity contribution in [3.8, 4) is 0 Å². The Bertz CT molecular complexity index is 94.5. The molecule has 0 aliphatic rings. The van der Waals surface area contributed by atoms with Gasteiger partial charge in [-0.05, 0) is 19.3 Å². The monoisotopic (exact) mass is 191 g/mol. The first-order valence-corrected chi connectivity index (χ1v) is 6.17. The summed E-state index contributed by atoms with van der Waals surface area (Å²) in [7, 11) is 0. The third-order valence-corrected chi connectivity index (χ3v) is 3.31. The molecule has 0 saturated carbocycles. The summed E-state index contributed by atoms with van der Waals surface area (Å²) >= 11 is -0.724. The van der Waals surface area contributed by atoms with Crippen LogP contribution in [0.1, 0.15) is 40.0 Å². The summed E-state index contributed by atoms with van der Waals surface area (Å²) in [6.07, 6.45) is 3.20. The predicted octanol–water partition coefficient (Wildman–Crippen LogP) is 2.18. The second-order valence-electron chi connectivity index (χ2n) is 2.95. The average molecular weight is 191 g/mol. The molecule has 0 amide bonds. The third-order valence-electron chi connectivity index (χ3n) is 1.61. The largest absolute Gasteiger partial charge is 0.598 e. The van der Waals surface area contributed by atoms with Gasteiger partial charge >= 0.3 is 0 Å². The van der Waals surface area contributed by atoms with E-state index in [4.69, 9.17) is 0 Å².